The first-order valence-electron chi connectivity index (χ1n) is 6.32. The van der Waals surface area contributed by atoms with E-state index in [1.807, 2.05) is 6.92 Å². The Bertz CT molecular complexity index is 464. The van der Waals surface area contributed by atoms with Crippen LogP contribution in [-0.2, 0) is 9.59 Å². The van der Waals surface area contributed by atoms with Crippen molar-refractivity contribution >= 4 is 29.3 Å². The molecule has 1 atom stereocenters. The lowest BCUT2D eigenvalue weighted by atomic mass is 10.2. The second-order valence-corrected chi connectivity index (χ2v) is 5.40. The summed E-state index contributed by atoms with van der Waals surface area (Å²) in [6.07, 6.45) is 0. The molecular weight excluding hydrogens is 281 g/mol. The van der Waals surface area contributed by atoms with Gasteiger partial charge in [-0.25, -0.2) is 4.39 Å². The monoisotopic (exact) mass is 299 g/mol. The van der Waals surface area contributed by atoms with Crippen molar-refractivity contribution in [1.82, 2.24) is 0 Å². The Labute approximate surface area is 122 Å². The summed E-state index contributed by atoms with van der Waals surface area (Å²) in [5.41, 5.74) is 0.644. The molecule has 20 heavy (non-hydrogen) atoms. The fourth-order valence-electron chi connectivity index (χ4n) is 1.60. The van der Waals surface area contributed by atoms with Crippen LogP contribution in [0.1, 0.15) is 13.8 Å². The predicted octanol–water partition coefficient (Wildman–Crippen LogP) is 2.63. The lowest BCUT2D eigenvalue weighted by molar-refractivity contribution is -0.140. The van der Waals surface area contributed by atoms with Crippen molar-refractivity contribution in [3.8, 4) is 0 Å². The zero-order valence-corrected chi connectivity index (χ0v) is 12.3. The molecule has 0 aliphatic heterocycles. The molecule has 0 bridgehead atoms. The first-order chi connectivity index (χ1) is 9.45. The molecule has 0 fully saturated rings. The molecular formula is C14H18FNO3S. The molecule has 1 N–H and O–H groups in total. The molecule has 1 aromatic rings. The fraction of sp³-hybridized carbons (Fsp3) is 0.429. The van der Waals surface area contributed by atoms with Gasteiger partial charge in [0.1, 0.15) is 5.82 Å². The fourth-order valence-corrected chi connectivity index (χ4v) is 2.54. The minimum atomic E-state index is -0.865. The number of carbonyl (C=O) groups excluding carboxylic acids is 1. The van der Waals surface area contributed by atoms with Crippen LogP contribution in [0.3, 0.4) is 0 Å². The Morgan fingerprint density at radius 1 is 1.35 bits per heavy atom. The van der Waals surface area contributed by atoms with E-state index in [0.717, 1.165) is 0 Å². The van der Waals surface area contributed by atoms with E-state index in [2.05, 4.69) is 0 Å². The topological polar surface area (TPSA) is 57.6 Å². The van der Waals surface area contributed by atoms with Crippen LogP contribution in [0.2, 0.25) is 0 Å². The van der Waals surface area contributed by atoms with E-state index in [9.17, 15) is 14.0 Å². The molecule has 0 spiro atoms. The molecule has 110 valence electrons. The highest BCUT2D eigenvalue weighted by Crippen LogP contribution is 2.17. The summed E-state index contributed by atoms with van der Waals surface area (Å²) in [5, 5.41) is 8.76. The molecule has 0 saturated carbocycles. The van der Waals surface area contributed by atoms with Crippen molar-refractivity contribution in [2.24, 2.45) is 5.92 Å². The number of benzene rings is 1. The van der Waals surface area contributed by atoms with Crippen molar-refractivity contribution in [3.63, 3.8) is 0 Å². The zero-order valence-electron chi connectivity index (χ0n) is 11.5. The maximum Gasteiger partial charge on any atom is 0.307 e. The van der Waals surface area contributed by atoms with Gasteiger partial charge in [-0.1, -0.05) is 6.92 Å². The minimum absolute atomic E-state index is 0.110. The number of anilines is 1. The van der Waals surface area contributed by atoms with Crippen LogP contribution in [0.25, 0.3) is 0 Å². The lowest BCUT2D eigenvalue weighted by Gasteiger charge is -2.21. The van der Waals surface area contributed by atoms with E-state index >= 15 is 0 Å². The number of carbonyl (C=O) groups is 2. The number of nitrogens with zero attached hydrogens (tertiary/aromatic N) is 1. The third-order valence-electron chi connectivity index (χ3n) is 2.77. The van der Waals surface area contributed by atoms with Crippen molar-refractivity contribution in [1.29, 1.82) is 0 Å². The summed E-state index contributed by atoms with van der Waals surface area (Å²) in [4.78, 5) is 24.3. The molecule has 1 aromatic carbocycles. The molecule has 0 aromatic heterocycles. The van der Waals surface area contributed by atoms with Gasteiger partial charge in [0, 0.05) is 18.0 Å². The standard InChI is InChI=1S/C14H18FNO3S/c1-3-16(12-6-4-11(15)5-7-12)13(17)9-20-8-10(2)14(18)19/h4-7,10H,3,8-9H2,1-2H3,(H,18,19). The van der Waals surface area contributed by atoms with Gasteiger partial charge >= 0.3 is 5.97 Å². The number of rotatable bonds is 7. The first-order valence-corrected chi connectivity index (χ1v) is 7.47. The Morgan fingerprint density at radius 3 is 2.45 bits per heavy atom. The highest BCUT2D eigenvalue weighted by molar-refractivity contribution is 8.00. The number of carboxylic acid groups (broad SMARTS) is 1. The van der Waals surface area contributed by atoms with E-state index in [1.165, 1.54) is 23.9 Å². The molecule has 0 radical (unpaired) electrons. The molecule has 1 rings (SSSR count). The van der Waals surface area contributed by atoms with Gasteiger partial charge in [0.15, 0.2) is 0 Å². The summed E-state index contributed by atoms with van der Waals surface area (Å²) in [7, 11) is 0. The predicted molar refractivity (Wildman–Crippen MR) is 78.6 cm³/mol. The van der Waals surface area contributed by atoms with Crippen LogP contribution in [0, 0.1) is 11.7 Å². The van der Waals surface area contributed by atoms with Crippen molar-refractivity contribution in [3.05, 3.63) is 30.1 Å². The Morgan fingerprint density at radius 2 is 1.95 bits per heavy atom. The molecule has 0 heterocycles. The highest BCUT2D eigenvalue weighted by atomic mass is 32.2. The molecule has 0 aliphatic carbocycles. The Kier molecular flexibility index (Phi) is 6.51. The average Bonchev–Trinajstić information content (AvgIpc) is 2.41. The number of carboxylic acids is 1. The minimum Gasteiger partial charge on any atom is -0.481 e. The zero-order chi connectivity index (χ0) is 15.1. The lowest BCUT2D eigenvalue weighted by Crippen LogP contribution is -2.32. The summed E-state index contributed by atoms with van der Waals surface area (Å²) in [6.45, 7) is 3.93. The van der Waals surface area contributed by atoms with Gasteiger partial charge in [-0.3, -0.25) is 9.59 Å². The second kappa shape index (κ2) is 7.89. The SMILES string of the molecule is CCN(C(=O)CSCC(C)C(=O)O)c1ccc(F)cc1. The van der Waals surface area contributed by atoms with Crippen LogP contribution >= 0.6 is 11.8 Å². The van der Waals surface area contributed by atoms with Crippen LogP contribution in [-0.4, -0.2) is 35.0 Å². The van der Waals surface area contributed by atoms with E-state index in [4.69, 9.17) is 5.11 Å². The first kappa shape index (κ1) is 16.5. The normalized spacial score (nSPS) is 11.9. The van der Waals surface area contributed by atoms with Crippen LogP contribution in [0.4, 0.5) is 10.1 Å². The van der Waals surface area contributed by atoms with E-state index in [-0.39, 0.29) is 17.5 Å². The summed E-state index contributed by atoms with van der Waals surface area (Å²) in [5.74, 6) is -1.20. The second-order valence-electron chi connectivity index (χ2n) is 4.37. The molecule has 1 unspecified atom stereocenters. The third kappa shape index (κ3) is 4.85. The van der Waals surface area contributed by atoms with Crippen molar-refractivity contribution in [2.75, 3.05) is 23.0 Å². The maximum atomic E-state index is 12.9. The van der Waals surface area contributed by atoms with Gasteiger partial charge in [0.2, 0.25) is 5.91 Å². The van der Waals surface area contributed by atoms with E-state index < -0.39 is 11.9 Å². The van der Waals surface area contributed by atoms with Gasteiger partial charge < -0.3 is 10.0 Å². The Hall–Kier alpha value is -1.56. The van der Waals surface area contributed by atoms with Crippen molar-refractivity contribution in [2.45, 2.75) is 13.8 Å². The number of halogens is 1. The Balaban J connectivity index is 2.55. The quantitative estimate of drug-likeness (QED) is 0.841. The van der Waals surface area contributed by atoms with E-state index in [0.29, 0.717) is 18.0 Å². The largest absolute Gasteiger partial charge is 0.481 e. The van der Waals surface area contributed by atoms with Gasteiger partial charge in [-0.15, -0.1) is 0 Å². The number of amides is 1. The highest BCUT2D eigenvalue weighted by Gasteiger charge is 2.16. The molecule has 0 aliphatic rings. The number of aliphatic carboxylic acids is 1. The van der Waals surface area contributed by atoms with Gasteiger partial charge in [-0.2, -0.15) is 11.8 Å². The van der Waals surface area contributed by atoms with Crippen LogP contribution < -0.4 is 4.90 Å². The average molecular weight is 299 g/mol. The van der Waals surface area contributed by atoms with Crippen LogP contribution in [0.5, 0.6) is 0 Å². The number of hydrogen-bond donors (Lipinski definition) is 1. The molecule has 0 saturated heterocycles. The summed E-state index contributed by atoms with van der Waals surface area (Å²) in [6, 6.07) is 5.73. The van der Waals surface area contributed by atoms with E-state index in [1.54, 1.807) is 24.0 Å². The molecule has 6 heteroatoms. The smallest absolute Gasteiger partial charge is 0.307 e. The number of hydrogen-bond acceptors (Lipinski definition) is 3. The van der Waals surface area contributed by atoms with Gasteiger partial charge in [-0.05, 0) is 31.2 Å². The van der Waals surface area contributed by atoms with Gasteiger partial charge in [0.05, 0.1) is 11.7 Å². The van der Waals surface area contributed by atoms with Crippen LogP contribution in [0.15, 0.2) is 24.3 Å². The van der Waals surface area contributed by atoms with Gasteiger partial charge in [0.25, 0.3) is 0 Å². The molecule has 4 nitrogen and oxygen atoms in total. The molecule has 1 amide bonds. The summed E-state index contributed by atoms with van der Waals surface area (Å²) < 4.78 is 12.9. The summed E-state index contributed by atoms with van der Waals surface area (Å²) >= 11 is 1.29. The van der Waals surface area contributed by atoms with Crippen molar-refractivity contribution < 1.29 is 19.1 Å². The third-order valence-corrected chi connectivity index (χ3v) is 3.96. The number of thioether (sulfide) groups is 1. The maximum absolute atomic E-state index is 12.9.